The summed E-state index contributed by atoms with van der Waals surface area (Å²) in [6, 6.07) is 13.5. The van der Waals surface area contributed by atoms with E-state index in [0.29, 0.717) is 16.5 Å². The molecule has 6 nitrogen and oxygen atoms in total. The molecule has 118 valence electrons. The molecule has 0 saturated carbocycles. The highest BCUT2D eigenvalue weighted by molar-refractivity contribution is 6.39. The third kappa shape index (κ3) is 5.12. The largest absolute Gasteiger partial charge is 0.497 e. The maximum atomic E-state index is 11.7. The van der Waals surface area contributed by atoms with Crippen molar-refractivity contribution in [2.45, 2.75) is 0 Å². The molecule has 0 fully saturated rings. The summed E-state index contributed by atoms with van der Waals surface area (Å²) in [7, 11) is 1.57. The summed E-state index contributed by atoms with van der Waals surface area (Å²) in [6.07, 6.45) is 1.42. The maximum absolute atomic E-state index is 11.7. The molecule has 2 aromatic carbocycles. The highest BCUT2D eigenvalue weighted by Gasteiger charge is 2.12. The van der Waals surface area contributed by atoms with Crippen molar-refractivity contribution >= 4 is 35.3 Å². The number of halogens is 1. The van der Waals surface area contributed by atoms with Crippen molar-refractivity contribution in [1.29, 1.82) is 0 Å². The minimum Gasteiger partial charge on any atom is -0.497 e. The van der Waals surface area contributed by atoms with Crippen molar-refractivity contribution in [3.8, 4) is 5.75 Å². The third-order valence-corrected chi connectivity index (χ3v) is 3.02. The zero-order valence-electron chi connectivity index (χ0n) is 12.2. The number of carbonyl (C=O) groups excluding carboxylic acids is 2. The van der Waals surface area contributed by atoms with Gasteiger partial charge in [0.2, 0.25) is 0 Å². The van der Waals surface area contributed by atoms with Crippen LogP contribution in [0.2, 0.25) is 5.02 Å². The number of benzene rings is 2. The molecule has 0 aliphatic heterocycles. The lowest BCUT2D eigenvalue weighted by atomic mass is 10.2. The Morgan fingerprint density at radius 2 is 1.87 bits per heavy atom. The number of rotatable bonds is 4. The van der Waals surface area contributed by atoms with Crippen molar-refractivity contribution < 1.29 is 14.3 Å². The van der Waals surface area contributed by atoms with Gasteiger partial charge in [-0.25, -0.2) is 5.43 Å². The lowest BCUT2D eigenvalue weighted by molar-refractivity contribution is -0.136. The van der Waals surface area contributed by atoms with Crippen molar-refractivity contribution in [2.75, 3.05) is 12.4 Å². The minimum absolute atomic E-state index is 0.428. The first kappa shape index (κ1) is 16.5. The molecule has 0 atom stereocenters. The van der Waals surface area contributed by atoms with Crippen LogP contribution < -0.4 is 15.5 Å². The van der Waals surface area contributed by atoms with E-state index in [-0.39, 0.29) is 0 Å². The second-order valence-electron chi connectivity index (χ2n) is 4.44. The second-order valence-corrected chi connectivity index (χ2v) is 4.87. The number of hydrogen-bond acceptors (Lipinski definition) is 4. The Labute approximate surface area is 138 Å². The zero-order chi connectivity index (χ0) is 16.7. The summed E-state index contributed by atoms with van der Waals surface area (Å²) < 4.78 is 5.03. The van der Waals surface area contributed by atoms with E-state index in [1.165, 1.54) is 12.3 Å². The van der Waals surface area contributed by atoms with Crippen LogP contribution in [0.5, 0.6) is 5.75 Å². The normalized spacial score (nSPS) is 10.3. The van der Waals surface area contributed by atoms with E-state index in [2.05, 4.69) is 15.8 Å². The molecule has 2 aromatic rings. The van der Waals surface area contributed by atoms with E-state index in [4.69, 9.17) is 16.3 Å². The summed E-state index contributed by atoms with van der Waals surface area (Å²) in [5.41, 5.74) is 3.33. The van der Waals surface area contributed by atoms with Gasteiger partial charge in [-0.1, -0.05) is 17.7 Å². The van der Waals surface area contributed by atoms with Crippen molar-refractivity contribution in [3.05, 3.63) is 59.1 Å². The average Bonchev–Trinajstić information content (AvgIpc) is 2.55. The molecular formula is C16H14ClN3O3. The summed E-state index contributed by atoms with van der Waals surface area (Å²) in [5.74, 6) is -0.999. The van der Waals surface area contributed by atoms with Gasteiger partial charge in [0.1, 0.15) is 5.75 Å². The van der Waals surface area contributed by atoms with E-state index in [0.717, 1.165) is 5.56 Å². The fraction of sp³-hybridized carbons (Fsp3) is 0.0625. The number of ether oxygens (including phenoxy) is 1. The van der Waals surface area contributed by atoms with Gasteiger partial charge >= 0.3 is 11.8 Å². The topological polar surface area (TPSA) is 79.8 Å². The number of amides is 2. The Bertz CT molecular complexity index is 730. The van der Waals surface area contributed by atoms with Gasteiger partial charge in [0.15, 0.2) is 0 Å². The van der Waals surface area contributed by atoms with E-state index in [1.807, 2.05) is 0 Å². The van der Waals surface area contributed by atoms with Crippen LogP contribution in [0.25, 0.3) is 0 Å². The van der Waals surface area contributed by atoms with Crippen molar-refractivity contribution in [2.24, 2.45) is 5.10 Å². The first-order valence-corrected chi connectivity index (χ1v) is 7.00. The number of carbonyl (C=O) groups is 2. The van der Waals surface area contributed by atoms with Crippen molar-refractivity contribution in [1.82, 2.24) is 5.43 Å². The quantitative estimate of drug-likeness (QED) is 0.513. The Hall–Kier alpha value is -2.86. The van der Waals surface area contributed by atoms with E-state index < -0.39 is 11.8 Å². The molecule has 2 amide bonds. The van der Waals surface area contributed by atoms with Crippen molar-refractivity contribution in [3.63, 3.8) is 0 Å². The SMILES string of the molecule is COc1ccc(C=NNC(=O)C(=O)Nc2cccc(Cl)c2)cc1. The molecule has 2 N–H and O–H groups in total. The van der Waals surface area contributed by atoms with Crippen LogP contribution >= 0.6 is 11.6 Å². The summed E-state index contributed by atoms with van der Waals surface area (Å²) in [6.45, 7) is 0. The number of hydrogen-bond donors (Lipinski definition) is 2. The molecule has 0 aliphatic carbocycles. The predicted octanol–water partition coefficient (Wildman–Crippen LogP) is 2.44. The molecule has 0 radical (unpaired) electrons. The monoisotopic (exact) mass is 331 g/mol. The van der Waals surface area contributed by atoms with Crippen LogP contribution in [0.15, 0.2) is 53.6 Å². The molecule has 0 aliphatic rings. The molecule has 0 spiro atoms. The average molecular weight is 332 g/mol. The standard InChI is InChI=1S/C16H14ClN3O3/c1-23-14-7-5-11(6-8-14)10-18-20-16(22)15(21)19-13-4-2-3-12(17)9-13/h2-10H,1H3,(H,19,21)(H,20,22). The lowest BCUT2D eigenvalue weighted by Gasteiger charge is -2.04. The first-order chi connectivity index (χ1) is 11.1. The highest BCUT2D eigenvalue weighted by atomic mass is 35.5. The predicted molar refractivity (Wildman–Crippen MR) is 88.8 cm³/mol. The zero-order valence-corrected chi connectivity index (χ0v) is 13.0. The van der Waals surface area contributed by atoms with Crippen LogP contribution in [-0.2, 0) is 9.59 Å². The molecule has 0 heterocycles. The van der Waals surface area contributed by atoms with E-state index in [9.17, 15) is 9.59 Å². The third-order valence-electron chi connectivity index (χ3n) is 2.78. The second kappa shape index (κ2) is 7.95. The van der Waals surface area contributed by atoms with E-state index >= 15 is 0 Å². The number of methoxy groups -OCH3 is 1. The van der Waals surface area contributed by atoms with Gasteiger partial charge in [0, 0.05) is 10.7 Å². The smallest absolute Gasteiger partial charge is 0.329 e. The van der Waals surface area contributed by atoms with Crippen LogP contribution in [0.3, 0.4) is 0 Å². The van der Waals surface area contributed by atoms with Gasteiger partial charge < -0.3 is 10.1 Å². The van der Waals surface area contributed by atoms with Crippen LogP contribution in [0.4, 0.5) is 5.69 Å². The van der Waals surface area contributed by atoms with Gasteiger partial charge in [0.25, 0.3) is 0 Å². The van der Waals surface area contributed by atoms with Gasteiger partial charge in [-0.05, 0) is 48.0 Å². The van der Waals surface area contributed by atoms with Crippen LogP contribution in [-0.4, -0.2) is 25.1 Å². The van der Waals surface area contributed by atoms with Crippen LogP contribution in [0, 0.1) is 0 Å². The number of anilines is 1. The molecular weight excluding hydrogens is 318 g/mol. The number of nitrogens with one attached hydrogen (secondary N) is 2. The fourth-order valence-corrected chi connectivity index (χ4v) is 1.85. The van der Waals surface area contributed by atoms with Gasteiger partial charge in [-0.15, -0.1) is 0 Å². The molecule has 23 heavy (non-hydrogen) atoms. The summed E-state index contributed by atoms with van der Waals surface area (Å²) in [4.78, 5) is 23.3. The minimum atomic E-state index is -0.880. The van der Waals surface area contributed by atoms with E-state index in [1.54, 1.807) is 49.6 Å². The highest BCUT2D eigenvalue weighted by Crippen LogP contribution is 2.14. The molecule has 7 heteroatoms. The summed E-state index contributed by atoms with van der Waals surface area (Å²) in [5, 5.41) is 6.60. The molecule has 2 rings (SSSR count). The van der Waals surface area contributed by atoms with Crippen LogP contribution in [0.1, 0.15) is 5.56 Å². The number of hydrazone groups is 1. The molecule has 0 aromatic heterocycles. The first-order valence-electron chi connectivity index (χ1n) is 6.62. The number of nitrogens with zero attached hydrogens (tertiary/aromatic N) is 1. The van der Waals surface area contributed by atoms with Gasteiger partial charge in [-0.3, -0.25) is 9.59 Å². The molecule has 0 bridgehead atoms. The van der Waals surface area contributed by atoms with Gasteiger partial charge in [0.05, 0.1) is 13.3 Å². The Morgan fingerprint density at radius 3 is 2.52 bits per heavy atom. The molecule has 0 unspecified atom stereocenters. The Morgan fingerprint density at radius 1 is 1.13 bits per heavy atom. The fourth-order valence-electron chi connectivity index (χ4n) is 1.66. The maximum Gasteiger partial charge on any atom is 0.329 e. The summed E-state index contributed by atoms with van der Waals surface area (Å²) >= 11 is 5.80. The Balaban J connectivity index is 1.88. The lowest BCUT2D eigenvalue weighted by Crippen LogP contribution is -2.32. The molecule has 0 saturated heterocycles. The Kier molecular flexibility index (Phi) is 5.71. The van der Waals surface area contributed by atoms with Gasteiger partial charge in [-0.2, -0.15) is 5.10 Å².